The lowest BCUT2D eigenvalue weighted by Crippen LogP contribution is -2.21. The minimum absolute atomic E-state index is 0.000378. The number of rotatable bonds is 8. The number of thioether (sulfide) groups is 1. The molecule has 1 unspecified atom stereocenters. The van der Waals surface area contributed by atoms with Gasteiger partial charge >= 0.3 is 5.97 Å². The number of fused-ring (bicyclic) bond motifs is 1. The van der Waals surface area contributed by atoms with E-state index < -0.39 is 12.0 Å². The molecule has 4 aromatic rings. The summed E-state index contributed by atoms with van der Waals surface area (Å²) in [4.78, 5) is 16.3. The van der Waals surface area contributed by atoms with E-state index >= 15 is 0 Å². The number of phenolic OH excluding ortho intramolecular Hbond substituents is 1. The maximum Gasteiger partial charge on any atom is 0.329 e. The molecule has 0 aliphatic heterocycles. The topological polar surface area (TPSA) is 69.9 Å². The molecule has 0 heterocycles. The second-order valence-electron chi connectivity index (χ2n) is 7.39. The van der Waals surface area contributed by atoms with Crippen molar-refractivity contribution in [3.63, 3.8) is 0 Å². The summed E-state index contributed by atoms with van der Waals surface area (Å²) in [6.07, 6.45) is 1.48. The summed E-state index contributed by atoms with van der Waals surface area (Å²) in [5.41, 5.74) is 2.76. The molecule has 0 aromatic heterocycles. The Morgan fingerprint density at radius 1 is 0.844 bits per heavy atom. The van der Waals surface area contributed by atoms with E-state index in [-0.39, 0.29) is 11.0 Å². The Labute approximate surface area is 191 Å². The molecule has 4 rings (SSSR count). The van der Waals surface area contributed by atoms with Crippen molar-refractivity contribution >= 4 is 34.7 Å². The summed E-state index contributed by atoms with van der Waals surface area (Å²) in [7, 11) is 0. The first-order chi connectivity index (χ1) is 15.6. The van der Waals surface area contributed by atoms with Crippen LogP contribution in [0.25, 0.3) is 10.8 Å². The lowest BCUT2D eigenvalue weighted by molar-refractivity contribution is -0.137. The fraction of sp³-hybridized carbons (Fsp3) is 0.111. The molecule has 0 aliphatic rings. The van der Waals surface area contributed by atoms with Crippen molar-refractivity contribution in [2.45, 2.75) is 11.3 Å². The van der Waals surface area contributed by atoms with Gasteiger partial charge in [0, 0.05) is 17.5 Å². The standard InChI is InChI=1S/C27H23NO3S/c29-25-16-15-19-9-7-8-14-22(19)23(25)17-28-24(27(30)31)18-32-26(20-10-3-1-4-11-20)21-12-5-2-6-13-21/h1-17,24,26,29H,18H2,(H,30,31). The Hall–Kier alpha value is -3.57. The molecule has 0 radical (unpaired) electrons. The number of phenols is 1. The van der Waals surface area contributed by atoms with E-state index in [2.05, 4.69) is 29.3 Å². The zero-order valence-electron chi connectivity index (χ0n) is 17.3. The lowest BCUT2D eigenvalue weighted by Gasteiger charge is -2.19. The van der Waals surface area contributed by atoms with Crippen LogP contribution >= 0.6 is 11.8 Å². The molecule has 0 amide bonds. The predicted octanol–water partition coefficient (Wildman–Crippen LogP) is 5.94. The van der Waals surface area contributed by atoms with Gasteiger partial charge in [-0.05, 0) is 28.0 Å². The summed E-state index contributed by atoms with van der Waals surface area (Å²) >= 11 is 1.55. The van der Waals surface area contributed by atoms with Crippen molar-refractivity contribution in [2.24, 2.45) is 4.99 Å². The number of benzene rings is 4. The third kappa shape index (κ3) is 5.01. The zero-order valence-corrected chi connectivity index (χ0v) is 18.2. The Balaban J connectivity index is 1.59. The molecule has 0 aliphatic carbocycles. The fourth-order valence-electron chi connectivity index (χ4n) is 3.59. The monoisotopic (exact) mass is 441 g/mol. The quantitative estimate of drug-likeness (QED) is 0.332. The van der Waals surface area contributed by atoms with Gasteiger partial charge in [0.1, 0.15) is 5.75 Å². The summed E-state index contributed by atoms with van der Waals surface area (Å²) in [6.45, 7) is 0. The Morgan fingerprint density at radius 3 is 2.06 bits per heavy atom. The van der Waals surface area contributed by atoms with Crippen molar-refractivity contribution in [1.82, 2.24) is 0 Å². The van der Waals surface area contributed by atoms with E-state index in [1.807, 2.05) is 66.7 Å². The predicted molar refractivity (Wildman–Crippen MR) is 132 cm³/mol. The van der Waals surface area contributed by atoms with E-state index in [9.17, 15) is 15.0 Å². The van der Waals surface area contributed by atoms with Crippen LogP contribution in [0.4, 0.5) is 0 Å². The molecule has 1 atom stereocenters. The zero-order chi connectivity index (χ0) is 22.3. The summed E-state index contributed by atoms with van der Waals surface area (Å²) in [6, 6.07) is 30.2. The minimum atomic E-state index is -0.992. The molecular formula is C27H23NO3S. The van der Waals surface area contributed by atoms with Crippen LogP contribution in [0.1, 0.15) is 21.9 Å². The van der Waals surface area contributed by atoms with Crippen LogP contribution in [0, 0.1) is 0 Å². The Morgan fingerprint density at radius 2 is 1.44 bits per heavy atom. The van der Waals surface area contributed by atoms with Crippen LogP contribution in [0.2, 0.25) is 0 Å². The highest BCUT2D eigenvalue weighted by atomic mass is 32.2. The van der Waals surface area contributed by atoms with Crippen molar-refractivity contribution in [2.75, 3.05) is 5.75 Å². The maximum absolute atomic E-state index is 12.0. The summed E-state index contributed by atoms with van der Waals surface area (Å²) < 4.78 is 0. The molecule has 32 heavy (non-hydrogen) atoms. The molecule has 4 aromatic carbocycles. The highest BCUT2D eigenvalue weighted by Gasteiger charge is 2.21. The smallest absolute Gasteiger partial charge is 0.329 e. The molecule has 0 spiro atoms. The first kappa shape index (κ1) is 21.7. The van der Waals surface area contributed by atoms with E-state index in [0.717, 1.165) is 21.9 Å². The van der Waals surface area contributed by atoms with Gasteiger partial charge in [-0.15, -0.1) is 11.8 Å². The number of hydrogen-bond acceptors (Lipinski definition) is 4. The largest absolute Gasteiger partial charge is 0.507 e. The molecule has 2 N–H and O–H groups in total. The first-order valence-corrected chi connectivity index (χ1v) is 11.4. The van der Waals surface area contributed by atoms with E-state index in [1.54, 1.807) is 17.8 Å². The number of hydrogen-bond donors (Lipinski definition) is 2. The Kier molecular flexibility index (Phi) is 6.87. The maximum atomic E-state index is 12.0. The van der Waals surface area contributed by atoms with Crippen molar-refractivity contribution in [1.29, 1.82) is 0 Å². The van der Waals surface area contributed by atoms with Crippen LogP contribution < -0.4 is 0 Å². The minimum Gasteiger partial charge on any atom is -0.507 e. The summed E-state index contributed by atoms with van der Waals surface area (Å²) in [5, 5.41) is 21.9. The number of carbonyl (C=O) groups is 1. The average Bonchev–Trinajstić information content (AvgIpc) is 2.83. The van der Waals surface area contributed by atoms with Crippen LogP contribution in [0.5, 0.6) is 5.75 Å². The number of carboxylic acids is 1. The van der Waals surface area contributed by atoms with Gasteiger partial charge < -0.3 is 10.2 Å². The van der Waals surface area contributed by atoms with Gasteiger partial charge in [-0.3, -0.25) is 4.99 Å². The van der Waals surface area contributed by atoms with Crippen LogP contribution in [-0.4, -0.2) is 34.2 Å². The van der Waals surface area contributed by atoms with Gasteiger partial charge in [0.15, 0.2) is 6.04 Å². The van der Waals surface area contributed by atoms with Crippen LogP contribution in [0.15, 0.2) is 102 Å². The van der Waals surface area contributed by atoms with Gasteiger partial charge in [0.05, 0.1) is 5.25 Å². The number of carboxylic acid groups (broad SMARTS) is 1. The second-order valence-corrected chi connectivity index (χ2v) is 8.52. The Bertz CT molecular complexity index is 1190. The van der Waals surface area contributed by atoms with Gasteiger partial charge in [0.2, 0.25) is 0 Å². The SMILES string of the molecule is O=C(O)C(CSC(c1ccccc1)c1ccccc1)N=Cc1c(O)ccc2ccccc12. The van der Waals surface area contributed by atoms with Gasteiger partial charge in [-0.2, -0.15) is 0 Å². The summed E-state index contributed by atoms with van der Waals surface area (Å²) in [5.74, 6) is -0.615. The third-order valence-corrected chi connectivity index (χ3v) is 6.63. The molecule has 160 valence electrons. The molecule has 0 saturated carbocycles. The molecular weight excluding hydrogens is 418 g/mol. The van der Waals surface area contributed by atoms with Gasteiger partial charge in [-0.25, -0.2) is 4.79 Å². The number of aliphatic imine (C=N–C) groups is 1. The first-order valence-electron chi connectivity index (χ1n) is 10.3. The molecule has 0 bridgehead atoms. The van der Waals surface area contributed by atoms with Crippen molar-refractivity contribution in [3.8, 4) is 5.75 Å². The van der Waals surface area contributed by atoms with E-state index in [4.69, 9.17) is 0 Å². The van der Waals surface area contributed by atoms with Crippen LogP contribution in [-0.2, 0) is 4.79 Å². The lowest BCUT2D eigenvalue weighted by atomic mass is 10.0. The molecule has 5 heteroatoms. The highest BCUT2D eigenvalue weighted by molar-refractivity contribution is 7.99. The average molecular weight is 442 g/mol. The van der Waals surface area contributed by atoms with E-state index in [0.29, 0.717) is 11.3 Å². The fourth-order valence-corrected chi connectivity index (χ4v) is 4.89. The van der Waals surface area contributed by atoms with Gasteiger partial charge in [0.25, 0.3) is 0 Å². The normalized spacial score (nSPS) is 12.4. The van der Waals surface area contributed by atoms with Gasteiger partial charge in [-0.1, -0.05) is 91.0 Å². The molecule has 0 fully saturated rings. The van der Waals surface area contributed by atoms with Crippen LogP contribution in [0.3, 0.4) is 0 Å². The second kappa shape index (κ2) is 10.2. The van der Waals surface area contributed by atoms with Crippen molar-refractivity contribution < 1.29 is 15.0 Å². The number of aliphatic carboxylic acids is 1. The van der Waals surface area contributed by atoms with E-state index in [1.165, 1.54) is 6.21 Å². The number of aromatic hydroxyl groups is 1. The molecule has 4 nitrogen and oxygen atoms in total. The number of nitrogens with zero attached hydrogens (tertiary/aromatic N) is 1. The molecule has 0 saturated heterocycles. The highest BCUT2D eigenvalue weighted by Crippen LogP contribution is 2.36. The van der Waals surface area contributed by atoms with Crippen molar-refractivity contribution in [3.05, 3.63) is 114 Å². The third-order valence-electron chi connectivity index (χ3n) is 5.24.